The molecule has 3 nitrogen and oxygen atoms in total. The third-order valence-electron chi connectivity index (χ3n) is 3.06. The third kappa shape index (κ3) is 0.948. The largest absolute Gasteiger partial charge is 0.349 e. The van der Waals surface area contributed by atoms with Crippen LogP contribution < -0.4 is 10.2 Å². The van der Waals surface area contributed by atoms with Crippen LogP contribution >= 0.6 is 0 Å². The molecule has 0 aliphatic carbocycles. The van der Waals surface area contributed by atoms with Gasteiger partial charge in [0.1, 0.15) is 5.82 Å². The van der Waals surface area contributed by atoms with E-state index in [1.807, 2.05) is 12.1 Å². The van der Waals surface area contributed by atoms with Crippen molar-refractivity contribution in [3.05, 3.63) is 23.9 Å². The molecule has 0 radical (unpaired) electrons. The van der Waals surface area contributed by atoms with Gasteiger partial charge in [0.15, 0.2) is 0 Å². The van der Waals surface area contributed by atoms with Gasteiger partial charge < -0.3 is 10.2 Å². The molecule has 0 amide bonds. The maximum absolute atomic E-state index is 5.27. The van der Waals surface area contributed by atoms with E-state index in [-0.39, 0.29) is 0 Å². The average molecular weight is 185 g/mol. The Morgan fingerprint density at radius 1 is 1.57 bits per heavy atom. The highest BCUT2D eigenvalue weighted by molar-refractivity contribution is 5.49. The number of terminal acetylenes is 1. The van der Waals surface area contributed by atoms with Crippen molar-refractivity contribution in [3.8, 4) is 12.3 Å². The summed E-state index contributed by atoms with van der Waals surface area (Å²) < 4.78 is 0. The molecule has 3 rings (SSSR count). The van der Waals surface area contributed by atoms with Crippen molar-refractivity contribution in [2.75, 3.05) is 18.0 Å². The van der Waals surface area contributed by atoms with Crippen LogP contribution in [-0.2, 0) is 0 Å². The van der Waals surface area contributed by atoms with E-state index in [0.717, 1.165) is 24.5 Å². The summed E-state index contributed by atoms with van der Waals surface area (Å²) in [4.78, 5) is 6.67. The van der Waals surface area contributed by atoms with E-state index in [2.05, 4.69) is 21.1 Å². The number of hydrogen-bond donors (Lipinski definition) is 1. The van der Waals surface area contributed by atoms with E-state index in [4.69, 9.17) is 6.42 Å². The first-order valence-corrected chi connectivity index (χ1v) is 4.81. The van der Waals surface area contributed by atoms with E-state index in [1.165, 1.54) is 0 Å². The minimum Gasteiger partial charge on any atom is -0.349 e. The summed E-state index contributed by atoms with van der Waals surface area (Å²) in [6.45, 7) is 2.16. The van der Waals surface area contributed by atoms with Gasteiger partial charge in [-0.3, -0.25) is 0 Å². The van der Waals surface area contributed by atoms with Crippen molar-refractivity contribution in [1.29, 1.82) is 0 Å². The lowest BCUT2D eigenvalue weighted by Gasteiger charge is -2.56. The van der Waals surface area contributed by atoms with Gasteiger partial charge in [0.25, 0.3) is 0 Å². The molecule has 2 aliphatic heterocycles. The second-order valence-corrected chi connectivity index (χ2v) is 3.78. The van der Waals surface area contributed by atoms with Gasteiger partial charge >= 0.3 is 0 Å². The van der Waals surface area contributed by atoms with Gasteiger partial charge in [0, 0.05) is 30.9 Å². The molecule has 0 saturated carbocycles. The third-order valence-corrected chi connectivity index (χ3v) is 3.06. The maximum atomic E-state index is 5.27. The van der Waals surface area contributed by atoms with Gasteiger partial charge in [-0.2, -0.15) is 0 Å². The molecule has 3 heterocycles. The van der Waals surface area contributed by atoms with Gasteiger partial charge in [-0.1, -0.05) is 5.92 Å². The molecule has 70 valence electrons. The molecule has 0 spiro atoms. The fraction of sp³-hybridized carbons (Fsp3) is 0.364. The van der Waals surface area contributed by atoms with Crippen LogP contribution in [0.4, 0.5) is 5.82 Å². The first-order valence-electron chi connectivity index (χ1n) is 4.81. The molecular weight excluding hydrogens is 174 g/mol. The Balaban J connectivity index is 1.81. The number of anilines is 1. The van der Waals surface area contributed by atoms with E-state index in [1.54, 1.807) is 6.20 Å². The second-order valence-electron chi connectivity index (χ2n) is 3.78. The first-order chi connectivity index (χ1) is 6.88. The first kappa shape index (κ1) is 7.84. The van der Waals surface area contributed by atoms with Crippen LogP contribution in [0.25, 0.3) is 0 Å². The van der Waals surface area contributed by atoms with Crippen LogP contribution in [0.2, 0.25) is 0 Å². The summed E-state index contributed by atoms with van der Waals surface area (Å²) in [5.41, 5.74) is 0.845. The zero-order valence-electron chi connectivity index (χ0n) is 7.77. The standard InChI is InChI=1S/C11H11N3/c1-2-8-3-4-11(13-5-8)14-7-9-10(14)6-12-9/h1,3-5,9-10,12H,6-7H2. The minimum absolute atomic E-state index is 0.666. The summed E-state index contributed by atoms with van der Waals surface area (Å²) in [5, 5.41) is 3.37. The number of aromatic nitrogens is 1. The Morgan fingerprint density at radius 3 is 2.93 bits per heavy atom. The van der Waals surface area contributed by atoms with Crippen LogP contribution in [-0.4, -0.2) is 30.2 Å². The molecule has 2 atom stereocenters. The second kappa shape index (κ2) is 2.73. The average Bonchev–Trinajstić information content (AvgIpc) is 2.22. The summed E-state index contributed by atoms with van der Waals surface area (Å²) >= 11 is 0. The molecule has 1 aromatic rings. The number of rotatable bonds is 1. The van der Waals surface area contributed by atoms with Gasteiger partial charge in [0.05, 0.1) is 6.04 Å². The topological polar surface area (TPSA) is 28.2 Å². The van der Waals surface area contributed by atoms with Crippen molar-refractivity contribution < 1.29 is 0 Å². The van der Waals surface area contributed by atoms with Gasteiger partial charge in [-0.25, -0.2) is 4.98 Å². The summed E-state index contributed by atoms with van der Waals surface area (Å²) in [5.74, 6) is 3.62. The van der Waals surface area contributed by atoms with Crippen LogP contribution in [0.5, 0.6) is 0 Å². The van der Waals surface area contributed by atoms with Crippen molar-refractivity contribution >= 4 is 5.82 Å². The number of nitrogens with zero attached hydrogens (tertiary/aromatic N) is 2. The Labute approximate surface area is 83.1 Å². The summed E-state index contributed by atoms with van der Waals surface area (Å²) in [7, 11) is 0. The molecule has 2 saturated heterocycles. The Kier molecular flexibility index (Phi) is 1.53. The highest BCUT2D eigenvalue weighted by Gasteiger charge is 2.45. The fourth-order valence-corrected chi connectivity index (χ4v) is 2.02. The smallest absolute Gasteiger partial charge is 0.128 e. The highest BCUT2D eigenvalue weighted by Crippen LogP contribution is 2.29. The lowest BCUT2D eigenvalue weighted by Crippen LogP contribution is -2.78. The molecule has 2 aliphatic rings. The maximum Gasteiger partial charge on any atom is 0.128 e. The van der Waals surface area contributed by atoms with Crippen LogP contribution in [0.3, 0.4) is 0 Å². The summed E-state index contributed by atoms with van der Waals surface area (Å²) in [6, 6.07) is 5.31. The van der Waals surface area contributed by atoms with E-state index >= 15 is 0 Å². The molecule has 2 fully saturated rings. The molecular formula is C11H11N3. The van der Waals surface area contributed by atoms with Crippen molar-refractivity contribution in [1.82, 2.24) is 10.3 Å². The SMILES string of the molecule is C#Cc1ccc(N2CC3NCC32)nc1. The van der Waals surface area contributed by atoms with Crippen LogP contribution in [0.15, 0.2) is 18.3 Å². The molecule has 0 aromatic carbocycles. The van der Waals surface area contributed by atoms with Crippen molar-refractivity contribution in [2.24, 2.45) is 0 Å². The Morgan fingerprint density at radius 2 is 2.50 bits per heavy atom. The minimum atomic E-state index is 0.666. The predicted octanol–water partition coefficient (Wildman–Crippen LogP) is 0.223. The van der Waals surface area contributed by atoms with E-state index < -0.39 is 0 Å². The number of nitrogens with one attached hydrogen (secondary N) is 1. The van der Waals surface area contributed by atoms with Gasteiger partial charge in [-0.05, 0) is 12.1 Å². The quantitative estimate of drug-likeness (QED) is 0.634. The summed E-state index contributed by atoms with van der Waals surface area (Å²) in [6.07, 6.45) is 7.03. The number of piperazine rings is 1. The number of hydrogen-bond acceptors (Lipinski definition) is 3. The molecule has 3 heteroatoms. The lowest BCUT2D eigenvalue weighted by atomic mass is 9.89. The van der Waals surface area contributed by atoms with Gasteiger partial charge in [0.2, 0.25) is 0 Å². The predicted molar refractivity (Wildman–Crippen MR) is 55.1 cm³/mol. The number of fused-ring (bicyclic) bond motifs is 1. The van der Waals surface area contributed by atoms with Crippen LogP contribution in [0.1, 0.15) is 5.56 Å². The zero-order valence-corrected chi connectivity index (χ0v) is 7.77. The van der Waals surface area contributed by atoms with Crippen molar-refractivity contribution in [2.45, 2.75) is 12.1 Å². The monoisotopic (exact) mass is 185 g/mol. The molecule has 0 bridgehead atoms. The van der Waals surface area contributed by atoms with E-state index in [0.29, 0.717) is 12.1 Å². The fourth-order valence-electron chi connectivity index (χ4n) is 2.02. The highest BCUT2D eigenvalue weighted by atomic mass is 15.4. The van der Waals surface area contributed by atoms with E-state index in [9.17, 15) is 0 Å². The molecule has 14 heavy (non-hydrogen) atoms. The Hall–Kier alpha value is -1.53. The van der Waals surface area contributed by atoms with Crippen molar-refractivity contribution in [3.63, 3.8) is 0 Å². The zero-order chi connectivity index (χ0) is 9.54. The number of pyridine rings is 1. The molecule has 1 aromatic heterocycles. The molecule has 1 N–H and O–H groups in total. The van der Waals surface area contributed by atoms with Crippen LogP contribution in [0, 0.1) is 12.3 Å². The Bertz CT molecular complexity index is 390. The normalized spacial score (nSPS) is 28.4. The molecule has 2 unspecified atom stereocenters. The lowest BCUT2D eigenvalue weighted by molar-refractivity contribution is 0.211. The van der Waals surface area contributed by atoms with Gasteiger partial charge in [-0.15, -0.1) is 6.42 Å².